The summed E-state index contributed by atoms with van der Waals surface area (Å²) in [7, 11) is 3.60. The van der Waals surface area contributed by atoms with Crippen LogP contribution in [0.2, 0.25) is 0 Å². The Morgan fingerprint density at radius 1 is 1.18 bits per heavy atom. The van der Waals surface area contributed by atoms with Crippen molar-refractivity contribution in [2.45, 2.75) is 32.2 Å². The topological polar surface area (TPSA) is 58.5 Å². The summed E-state index contributed by atoms with van der Waals surface area (Å²) in [5.74, 6) is 0.849. The van der Waals surface area contributed by atoms with Gasteiger partial charge >= 0.3 is 0 Å². The lowest BCUT2D eigenvalue weighted by molar-refractivity contribution is 0.0732. The summed E-state index contributed by atoms with van der Waals surface area (Å²) in [5, 5.41) is 6.94. The minimum Gasteiger partial charge on any atom is -0.385 e. The highest BCUT2D eigenvalue weighted by molar-refractivity contribution is 14.0. The summed E-state index contributed by atoms with van der Waals surface area (Å²) in [6.45, 7) is 2.50. The fourth-order valence-electron chi connectivity index (χ4n) is 3.56. The highest BCUT2D eigenvalue weighted by Gasteiger charge is 2.36. The Labute approximate surface area is 185 Å². The lowest BCUT2D eigenvalue weighted by Crippen LogP contribution is -2.46. The van der Waals surface area contributed by atoms with Crippen LogP contribution < -0.4 is 10.6 Å². The standard InChI is InChI=1S/C22H30N4O.HI/c1-23-21(26-17-22(10-6-11-22)12-14-27-2)25-16-18-7-5-8-19(15-18)20-9-3-4-13-24-20;/h3-5,7-9,13,15H,6,10-12,14,16-17H2,1-2H3,(H2,23,25,26);1H. The van der Waals surface area contributed by atoms with Gasteiger partial charge in [-0.15, -0.1) is 24.0 Å². The first-order valence-electron chi connectivity index (χ1n) is 9.68. The monoisotopic (exact) mass is 494 g/mol. The van der Waals surface area contributed by atoms with Crippen LogP contribution in [0.25, 0.3) is 11.3 Å². The number of hydrogen-bond acceptors (Lipinski definition) is 3. The summed E-state index contributed by atoms with van der Waals surface area (Å²) in [5.41, 5.74) is 3.70. The molecule has 1 aromatic heterocycles. The zero-order chi connectivity index (χ0) is 19.0. The molecule has 2 N–H and O–H groups in total. The third-order valence-corrected chi connectivity index (χ3v) is 5.45. The van der Waals surface area contributed by atoms with E-state index >= 15 is 0 Å². The summed E-state index contributed by atoms with van der Waals surface area (Å²) < 4.78 is 5.28. The Hall–Kier alpha value is -1.67. The van der Waals surface area contributed by atoms with Crippen LogP contribution in [0.5, 0.6) is 0 Å². The van der Waals surface area contributed by atoms with Crippen molar-refractivity contribution in [2.24, 2.45) is 10.4 Å². The van der Waals surface area contributed by atoms with Crippen LogP contribution in [-0.4, -0.2) is 38.3 Å². The number of pyridine rings is 1. The van der Waals surface area contributed by atoms with E-state index < -0.39 is 0 Å². The average molecular weight is 494 g/mol. The molecular formula is C22H31IN4O. The lowest BCUT2D eigenvalue weighted by atomic mass is 9.67. The van der Waals surface area contributed by atoms with Crippen LogP contribution in [0.1, 0.15) is 31.2 Å². The highest BCUT2D eigenvalue weighted by atomic mass is 127. The zero-order valence-electron chi connectivity index (χ0n) is 16.8. The zero-order valence-corrected chi connectivity index (χ0v) is 19.1. The van der Waals surface area contributed by atoms with Crippen molar-refractivity contribution in [1.82, 2.24) is 15.6 Å². The minimum atomic E-state index is 0. The number of halogens is 1. The molecule has 1 aliphatic rings. The van der Waals surface area contributed by atoms with E-state index in [1.165, 1.54) is 24.8 Å². The van der Waals surface area contributed by atoms with Gasteiger partial charge in [0.15, 0.2) is 5.96 Å². The third-order valence-electron chi connectivity index (χ3n) is 5.45. The number of nitrogens with zero attached hydrogens (tertiary/aromatic N) is 2. The van der Waals surface area contributed by atoms with Crippen molar-refractivity contribution >= 4 is 29.9 Å². The molecule has 0 unspecified atom stereocenters. The van der Waals surface area contributed by atoms with E-state index in [1.807, 2.05) is 31.4 Å². The molecule has 0 amide bonds. The van der Waals surface area contributed by atoms with Crippen LogP contribution in [0, 0.1) is 5.41 Å². The molecule has 1 aromatic carbocycles. The van der Waals surface area contributed by atoms with E-state index in [9.17, 15) is 0 Å². The molecule has 1 heterocycles. The largest absolute Gasteiger partial charge is 0.385 e. The van der Waals surface area contributed by atoms with Gasteiger partial charge in [0.1, 0.15) is 0 Å². The summed E-state index contributed by atoms with van der Waals surface area (Å²) in [6.07, 6.45) is 6.79. The fourth-order valence-corrected chi connectivity index (χ4v) is 3.56. The summed E-state index contributed by atoms with van der Waals surface area (Å²) in [4.78, 5) is 8.81. The van der Waals surface area contributed by atoms with Crippen molar-refractivity contribution in [3.8, 4) is 11.3 Å². The number of benzene rings is 1. The van der Waals surface area contributed by atoms with Crippen LogP contribution in [0.3, 0.4) is 0 Å². The van der Waals surface area contributed by atoms with Gasteiger partial charge in [0, 0.05) is 45.6 Å². The molecule has 5 nitrogen and oxygen atoms in total. The summed E-state index contributed by atoms with van der Waals surface area (Å²) in [6, 6.07) is 14.4. The number of hydrogen-bond donors (Lipinski definition) is 2. The van der Waals surface area contributed by atoms with Crippen molar-refractivity contribution in [3.63, 3.8) is 0 Å². The molecule has 0 bridgehead atoms. The van der Waals surface area contributed by atoms with Crippen molar-refractivity contribution in [2.75, 3.05) is 27.3 Å². The molecule has 3 rings (SSSR count). The second kappa shape index (κ2) is 11.4. The molecule has 1 aliphatic carbocycles. The number of rotatable bonds is 8. The lowest BCUT2D eigenvalue weighted by Gasteiger charge is -2.42. The molecule has 152 valence electrons. The highest BCUT2D eigenvalue weighted by Crippen LogP contribution is 2.43. The molecule has 0 saturated heterocycles. The molecule has 0 radical (unpaired) electrons. The number of aliphatic imine (C=N–C) groups is 1. The predicted molar refractivity (Wildman–Crippen MR) is 126 cm³/mol. The number of nitrogens with one attached hydrogen (secondary N) is 2. The Bertz CT molecular complexity index is 747. The van der Waals surface area contributed by atoms with E-state index in [4.69, 9.17) is 4.74 Å². The van der Waals surface area contributed by atoms with Crippen LogP contribution >= 0.6 is 24.0 Å². The molecule has 0 atom stereocenters. The Balaban J connectivity index is 0.00000280. The van der Waals surface area contributed by atoms with E-state index in [0.29, 0.717) is 5.41 Å². The minimum absolute atomic E-state index is 0. The van der Waals surface area contributed by atoms with Crippen molar-refractivity contribution in [1.29, 1.82) is 0 Å². The van der Waals surface area contributed by atoms with Crippen molar-refractivity contribution < 1.29 is 4.74 Å². The van der Waals surface area contributed by atoms with E-state index in [-0.39, 0.29) is 24.0 Å². The van der Waals surface area contributed by atoms with Gasteiger partial charge in [-0.3, -0.25) is 9.98 Å². The molecule has 0 aliphatic heterocycles. The average Bonchev–Trinajstić information content (AvgIpc) is 2.70. The van der Waals surface area contributed by atoms with Crippen LogP contribution in [-0.2, 0) is 11.3 Å². The van der Waals surface area contributed by atoms with Gasteiger partial charge < -0.3 is 15.4 Å². The van der Waals surface area contributed by atoms with Gasteiger partial charge in [-0.2, -0.15) is 0 Å². The molecule has 1 saturated carbocycles. The molecule has 2 aromatic rings. The third kappa shape index (κ3) is 6.17. The van der Waals surface area contributed by atoms with Crippen molar-refractivity contribution in [3.05, 3.63) is 54.2 Å². The van der Waals surface area contributed by atoms with E-state index in [0.717, 1.165) is 43.3 Å². The maximum atomic E-state index is 5.28. The Kier molecular flexibility index (Phi) is 9.18. The van der Waals surface area contributed by atoms with Gasteiger partial charge in [-0.05, 0) is 48.4 Å². The van der Waals surface area contributed by atoms with Gasteiger partial charge in [0.25, 0.3) is 0 Å². The summed E-state index contributed by atoms with van der Waals surface area (Å²) >= 11 is 0. The Morgan fingerprint density at radius 2 is 2.04 bits per heavy atom. The van der Waals surface area contributed by atoms with Gasteiger partial charge in [-0.1, -0.05) is 30.7 Å². The normalized spacial score (nSPS) is 15.3. The molecular weight excluding hydrogens is 463 g/mol. The first kappa shape index (κ1) is 22.6. The SMILES string of the molecule is CN=C(NCc1cccc(-c2ccccn2)c1)NCC1(CCOC)CCC1.I. The quantitative estimate of drug-likeness (QED) is 0.328. The molecule has 6 heteroatoms. The molecule has 1 fully saturated rings. The maximum Gasteiger partial charge on any atom is 0.191 e. The predicted octanol–water partition coefficient (Wildman–Crippen LogP) is 4.24. The number of aromatic nitrogens is 1. The maximum absolute atomic E-state index is 5.28. The first-order chi connectivity index (χ1) is 13.2. The fraction of sp³-hybridized carbons (Fsp3) is 0.455. The van der Waals surface area contributed by atoms with Gasteiger partial charge in [0.05, 0.1) is 5.69 Å². The number of guanidine groups is 1. The van der Waals surface area contributed by atoms with Crippen LogP contribution in [0.15, 0.2) is 53.7 Å². The van der Waals surface area contributed by atoms with E-state index in [1.54, 1.807) is 7.11 Å². The van der Waals surface area contributed by atoms with Gasteiger partial charge in [-0.25, -0.2) is 0 Å². The van der Waals surface area contributed by atoms with E-state index in [2.05, 4.69) is 44.9 Å². The van der Waals surface area contributed by atoms with Gasteiger partial charge in [0.2, 0.25) is 0 Å². The molecule has 0 spiro atoms. The smallest absolute Gasteiger partial charge is 0.191 e. The number of methoxy groups -OCH3 is 1. The van der Waals surface area contributed by atoms with Crippen LogP contribution in [0.4, 0.5) is 0 Å². The Morgan fingerprint density at radius 3 is 2.68 bits per heavy atom. The second-order valence-corrected chi connectivity index (χ2v) is 7.29. The second-order valence-electron chi connectivity index (χ2n) is 7.29. The molecule has 28 heavy (non-hydrogen) atoms. The first-order valence-corrected chi connectivity index (χ1v) is 9.68. The number of ether oxygens (including phenoxy) is 1.